The topological polar surface area (TPSA) is 27.7 Å². The van der Waals surface area contributed by atoms with Crippen molar-refractivity contribution in [1.29, 1.82) is 0 Å². The molecule has 2 atom stereocenters. The molecule has 3 heteroatoms. The van der Waals surface area contributed by atoms with E-state index in [0.717, 1.165) is 32.3 Å². The molecule has 1 rings (SSSR count). The maximum absolute atomic E-state index is 5.62. The third-order valence-electron chi connectivity index (χ3n) is 3.75. The van der Waals surface area contributed by atoms with Crippen molar-refractivity contribution in [2.75, 3.05) is 27.4 Å². The minimum absolute atomic E-state index is 0.373. The van der Waals surface area contributed by atoms with Crippen molar-refractivity contribution in [3.63, 3.8) is 0 Å². The van der Waals surface area contributed by atoms with Gasteiger partial charge in [-0.3, -0.25) is 0 Å². The van der Waals surface area contributed by atoms with Crippen molar-refractivity contribution in [3.8, 4) is 0 Å². The van der Waals surface area contributed by atoms with Gasteiger partial charge >= 0.3 is 0 Å². The van der Waals surface area contributed by atoms with Crippen LogP contribution in [-0.4, -0.2) is 39.6 Å². The Kier molecular flexibility index (Phi) is 8.31. The summed E-state index contributed by atoms with van der Waals surface area (Å²) in [7, 11) is 3.63. The highest BCUT2D eigenvalue weighted by Gasteiger charge is 2.22. The van der Waals surface area contributed by atoms with Gasteiger partial charge in [0, 0.05) is 20.8 Å². The van der Waals surface area contributed by atoms with Crippen LogP contribution in [0, 0.1) is 5.92 Å². The number of hydrogen-bond acceptors (Lipinski definition) is 3. The van der Waals surface area contributed by atoms with Crippen molar-refractivity contribution < 1.29 is 14.2 Å². The van der Waals surface area contributed by atoms with Gasteiger partial charge in [-0.15, -0.1) is 6.58 Å². The molecule has 0 bridgehead atoms. The lowest BCUT2D eigenvalue weighted by atomic mass is 9.95. The van der Waals surface area contributed by atoms with Crippen LogP contribution in [0.5, 0.6) is 0 Å². The fraction of sp³-hybridized carbons (Fsp3) is 0.867. The lowest BCUT2D eigenvalue weighted by Gasteiger charge is -2.24. The highest BCUT2D eigenvalue weighted by molar-refractivity contribution is 4.74. The molecule has 0 aromatic rings. The van der Waals surface area contributed by atoms with Gasteiger partial charge in [-0.1, -0.05) is 18.9 Å². The molecule has 1 saturated carbocycles. The van der Waals surface area contributed by atoms with E-state index in [1.165, 1.54) is 12.8 Å². The van der Waals surface area contributed by atoms with E-state index in [4.69, 9.17) is 14.2 Å². The van der Waals surface area contributed by atoms with Crippen LogP contribution in [-0.2, 0) is 14.2 Å². The average Bonchev–Trinajstić information content (AvgIpc) is 2.49. The molecular formula is C15H28O3. The van der Waals surface area contributed by atoms with Crippen LogP contribution in [0.3, 0.4) is 0 Å². The Morgan fingerprint density at radius 1 is 1.06 bits per heavy atom. The summed E-state index contributed by atoms with van der Waals surface area (Å²) in [6.45, 7) is 5.09. The first-order chi connectivity index (χ1) is 8.80. The van der Waals surface area contributed by atoms with E-state index in [2.05, 4.69) is 6.58 Å². The van der Waals surface area contributed by atoms with Crippen molar-refractivity contribution in [2.45, 2.75) is 50.7 Å². The normalized spacial score (nSPS) is 30.2. The van der Waals surface area contributed by atoms with Gasteiger partial charge < -0.3 is 14.2 Å². The molecule has 0 heterocycles. The van der Waals surface area contributed by atoms with Gasteiger partial charge in [-0.05, 0) is 31.6 Å². The Hall–Kier alpha value is -0.380. The zero-order chi connectivity index (χ0) is 13.2. The molecule has 0 amide bonds. The van der Waals surface area contributed by atoms with Crippen LogP contribution in [0.25, 0.3) is 0 Å². The molecule has 0 aliphatic heterocycles. The van der Waals surface area contributed by atoms with Crippen molar-refractivity contribution in [3.05, 3.63) is 12.7 Å². The van der Waals surface area contributed by atoms with E-state index in [9.17, 15) is 0 Å². The second-order valence-electron chi connectivity index (χ2n) is 5.16. The molecule has 1 aliphatic rings. The molecule has 18 heavy (non-hydrogen) atoms. The fourth-order valence-corrected chi connectivity index (χ4v) is 2.70. The van der Waals surface area contributed by atoms with Crippen LogP contribution >= 0.6 is 0 Å². The van der Waals surface area contributed by atoms with E-state index < -0.39 is 0 Å². The molecule has 0 aromatic heterocycles. The first-order valence-corrected chi connectivity index (χ1v) is 7.04. The second-order valence-corrected chi connectivity index (χ2v) is 5.16. The summed E-state index contributed by atoms with van der Waals surface area (Å²) in [6, 6.07) is 0. The summed E-state index contributed by atoms with van der Waals surface area (Å²) >= 11 is 0. The Morgan fingerprint density at radius 3 is 2.06 bits per heavy atom. The van der Waals surface area contributed by atoms with Crippen LogP contribution in [0.4, 0.5) is 0 Å². The number of ether oxygens (including phenoxy) is 3. The maximum atomic E-state index is 5.62. The Labute approximate surface area is 111 Å². The van der Waals surface area contributed by atoms with E-state index in [0.29, 0.717) is 24.7 Å². The molecule has 0 saturated heterocycles. The standard InChI is InChI=1S/C15H28O3/c1-4-9-18-12-13-10-14(16-2)7-5-6-8-15(11-13)17-3/h4,13-15H,1,5-12H2,2-3H3. The van der Waals surface area contributed by atoms with E-state index >= 15 is 0 Å². The van der Waals surface area contributed by atoms with Crippen LogP contribution < -0.4 is 0 Å². The summed E-state index contributed by atoms with van der Waals surface area (Å²) in [6.07, 6.45) is 9.49. The molecule has 3 nitrogen and oxygen atoms in total. The predicted octanol–water partition coefficient (Wildman–Crippen LogP) is 3.19. The van der Waals surface area contributed by atoms with Crippen LogP contribution in [0.1, 0.15) is 38.5 Å². The Balaban J connectivity index is 2.50. The van der Waals surface area contributed by atoms with Gasteiger partial charge in [0.25, 0.3) is 0 Å². The van der Waals surface area contributed by atoms with Gasteiger partial charge in [0.15, 0.2) is 0 Å². The number of rotatable bonds is 6. The van der Waals surface area contributed by atoms with E-state index in [1.807, 2.05) is 14.2 Å². The predicted molar refractivity (Wildman–Crippen MR) is 73.8 cm³/mol. The van der Waals surface area contributed by atoms with Crippen molar-refractivity contribution in [2.24, 2.45) is 5.92 Å². The van der Waals surface area contributed by atoms with Gasteiger partial charge in [0.2, 0.25) is 0 Å². The first kappa shape index (κ1) is 15.7. The van der Waals surface area contributed by atoms with Crippen LogP contribution in [0.2, 0.25) is 0 Å². The first-order valence-electron chi connectivity index (χ1n) is 7.04. The lowest BCUT2D eigenvalue weighted by molar-refractivity contribution is 0.0218. The minimum atomic E-state index is 0.373. The molecule has 2 unspecified atom stereocenters. The maximum Gasteiger partial charge on any atom is 0.0644 e. The van der Waals surface area contributed by atoms with Crippen molar-refractivity contribution >= 4 is 0 Å². The largest absolute Gasteiger partial charge is 0.381 e. The van der Waals surface area contributed by atoms with Gasteiger partial charge in [0.05, 0.1) is 18.8 Å². The van der Waals surface area contributed by atoms with E-state index in [1.54, 1.807) is 6.08 Å². The third-order valence-corrected chi connectivity index (χ3v) is 3.75. The Bertz CT molecular complexity index is 202. The molecule has 0 radical (unpaired) electrons. The Morgan fingerprint density at radius 2 is 1.61 bits per heavy atom. The highest BCUT2D eigenvalue weighted by Crippen LogP contribution is 2.25. The second kappa shape index (κ2) is 9.54. The fourth-order valence-electron chi connectivity index (χ4n) is 2.70. The average molecular weight is 256 g/mol. The zero-order valence-corrected chi connectivity index (χ0v) is 11.9. The molecular weight excluding hydrogens is 228 g/mol. The lowest BCUT2D eigenvalue weighted by Crippen LogP contribution is -2.23. The van der Waals surface area contributed by atoms with Crippen molar-refractivity contribution in [1.82, 2.24) is 0 Å². The smallest absolute Gasteiger partial charge is 0.0644 e. The molecule has 106 valence electrons. The molecule has 0 N–H and O–H groups in total. The van der Waals surface area contributed by atoms with Gasteiger partial charge in [-0.2, -0.15) is 0 Å². The minimum Gasteiger partial charge on any atom is -0.381 e. The van der Waals surface area contributed by atoms with Crippen LogP contribution in [0.15, 0.2) is 12.7 Å². The molecule has 0 aromatic carbocycles. The van der Waals surface area contributed by atoms with Gasteiger partial charge in [-0.25, -0.2) is 0 Å². The molecule has 0 spiro atoms. The summed E-state index contributed by atoms with van der Waals surface area (Å²) in [5.41, 5.74) is 0. The quantitative estimate of drug-likeness (QED) is 0.539. The SMILES string of the molecule is C=CCOCC1CC(OC)CCCCC(OC)C1. The zero-order valence-electron chi connectivity index (χ0n) is 11.9. The van der Waals surface area contributed by atoms with Gasteiger partial charge in [0.1, 0.15) is 0 Å². The van der Waals surface area contributed by atoms with E-state index in [-0.39, 0.29) is 0 Å². The number of methoxy groups -OCH3 is 2. The number of hydrogen-bond donors (Lipinski definition) is 0. The molecule has 1 fully saturated rings. The monoisotopic (exact) mass is 256 g/mol. The summed E-state index contributed by atoms with van der Waals surface area (Å²) < 4.78 is 16.8. The molecule has 1 aliphatic carbocycles. The summed E-state index contributed by atoms with van der Waals surface area (Å²) in [4.78, 5) is 0. The third kappa shape index (κ3) is 5.98. The highest BCUT2D eigenvalue weighted by atomic mass is 16.5. The summed E-state index contributed by atoms with van der Waals surface area (Å²) in [5, 5.41) is 0. The summed E-state index contributed by atoms with van der Waals surface area (Å²) in [5.74, 6) is 0.526.